The van der Waals surface area contributed by atoms with E-state index in [0.717, 1.165) is 0 Å². The Morgan fingerprint density at radius 1 is 0.520 bits per heavy atom. The van der Waals surface area contributed by atoms with Crippen LogP contribution in [0.5, 0.6) is 0 Å². The lowest BCUT2D eigenvalue weighted by molar-refractivity contribution is 0.381. The molecule has 0 heterocycles. The van der Waals surface area contributed by atoms with Gasteiger partial charge in [-0.15, -0.1) is 0 Å². The molecule has 0 bridgehead atoms. The summed E-state index contributed by atoms with van der Waals surface area (Å²) in [5.74, 6) is -10.1. The van der Waals surface area contributed by atoms with Crippen molar-refractivity contribution in [2.45, 2.75) is 9.79 Å². The molecule has 1 nitrogen and oxygen atoms in total. The number of hydrogen-bond donors (Lipinski definition) is 0. The van der Waals surface area contributed by atoms with Gasteiger partial charge >= 0.3 is 0 Å². The predicted molar refractivity (Wildman–Crippen MR) is 85.1 cm³/mol. The van der Waals surface area contributed by atoms with E-state index in [9.17, 15) is 22.0 Å². The second-order valence-corrected chi connectivity index (χ2v) is 6.62. The molecule has 0 spiro atoms. The molecule has 0 saturated carbocycles. The lowest BCUT2D eigenvalue weighted by Gasteiger charge is -2.10. The minimum atomic E-state index is -2.20. The van der Waals surface area contributed by atoms with Gasteiger partial charge in [-0.05, 0) is 35.0 Å². The lowest BCUT2D eigenvalue weighted by Crippen LogP contribution is -2.02. The van der Waals surface area contributed by atoms with E-state index in [0.29, 0.717) is 9.79 Å². The first-order chi connectivity index (χ1) is 12.0. The van der Waals surface area contributed by atoms with Crippen molar-refractivity contribution in [1.29, 1.82) is 0 Å². The minimum Gasteiger partial charge on any atom is -0.212 e. The number of hydrogen-bond acceptors (Lipinski definition) is 1. The average Bonchev–Trinajstić information content (AvgIpc) is 2.66. The van der Waals surface area contributed by atoms with E-state index < -0.39 is 45.5 Å². The van der Waals surface area contributed by atoms with Crippen molar-refractivity contribution in [2.75, 3.05) is 0 Å². The third kappa shape index (κ3) is 3.32. The van der Waals surface area contributed by atoms with E-state index in [2.05, 4.69) is 4.36 Å². The van der Waals surface area contributed by atoms with Crippen LogP contribution in [-0.2, 0) is 10.7 Å². The predicted octanol–water partition coefficient (Wildman–Crippen LogP) is 5.93. The third-order valence-corrected chi connectivity index (χ3v) is 5.10. The van der Waals surface area contributed by atoms with Crippen LogP contribution in [0.25, 0.3) is 0 Å². The standard InChI is InChI=1S/C18H10F5NS/c19-13-14(20)16(22)18(17(23)15(13)21)24-25(11-7-3-1-4-8-11)12-9-5-2-6-10-12/h1-10H. The van der Waals surface area contributed by atoms with Gasteiger partial charge in [0.1, 0.15) is 5.69 Å². The van der Waals surface area contributed by atoms with Crippen molar-refractivity contribution < 1.29 is 22.0 Å². The van der Waals surface area contributed by atoms with Gasteiger partial charge in [0.2, 0.25) is 5.82 Å². The van der Waals surface area contributed by atoms with Crippen LogP contribution in [0, 0.1) is 29.1 Å². The van der Waals surface area contributed by atoms with Crippen LogP contribution in [0.15, 0.2) is 74.8 Å². The van der Waals surface area contributed by atoms with E-state index in [-0.39, 0.29) is 0 Å². The van der Waals surface area contributed by atoms with E-state index in [4.69, 9.17) is 0 Å². The summed E-state index contributed by atoms with van der Waals surface area (Å²) in [6.45, 7) is 0. The van der Waals surface area contributed by atoms with Crippen molar-refractivity contribution in [3.05, 3.63) is 89.7 Å². The summed E-state index contributed by atoms with van der Waals surface area (Å²) in [7, 11) is -1.26. The number of halogens is 5. The van der Waals surface area contributed by atoms with Crippen LogP contribution >= 0.6 is 0 Å². The molecule has 3 aromatic carbocycles. The fourth-order valence-corrected chi connectivity index (χ4v) is 3.76. The van der Waals surface area contributed by atoms with Crippen LogP contribution < -0.4 is 0 Å². The van der Waals surface area contributed by atoms with E-state index in [1.54, 1.807) is 60.7 Å². The van der Waals surface area contributed by atoms with Crippen LogP contribution in [0.4, 0.5) is 27.6 Å². The first-order valence-electron chi connectivity index (χ1n) is 7.08. The van der Waals surface area contributed by atoms with Crippen LogP contribution in [0.2, 0.25) is 0 Å². The first kappa shape index (κ1) is 17.3. The summed E-state index contributed by atoms with van der Waals surface area (Å²) in [5, 5.41) is 0. The van der Waals surface area contributed by atoms with Crippen LogP contribution in [-0.4, -0.2) is 0 Å². The Balaban J connectivity index is 2.29. The summed E-state index contributed by atoms with van der Waals surface area (Å²) in [4.78, 5) is 1.16. The van der Waals surface area contributed by atoms with Crippen molar-refractivity contribution >= 4 is 16.4 Å². The van der Waals surface area contributed by atoms with Gasteiger partial charge in [0.05, 0.1) is 0 Å². The smallest absolute Gasteiger partial charge is 0.200 e. The van der Waals surface area contributed by atoms with E-state index in [1.807, 2.05) is 0 Å². The molecule has 0 aliphatic rings. The average molecular weight is 367 g/mol. The Labute approximate surface area is 142 Å². The molecule has 0 aromatic heterocycles. The van der Waals surface area contributed by atoms with Gasteiger partial charge in [0, 0.05) is 9.79 Å². The highest BCUT2D eigenvalue weighted by molar-refractivity contribution is 7.87. The molecule has 0 amide bonds. The molecule has 0 saturated heterocycles. The summed E-state index contributed by atoms with van der Waals surface area (Å²) in [6.07, 6.45) is 0. The molecule has 0 radical (unpaired) electrons. The SMILES string of the molecule is Fc1c(F)c(F)c(N=S(c2ccccc2)c2ccccc2)c(F)c1F. The molecule has 128 valence electrons. The van der Waals surface area contributed by atoms with Gasteiger partial charge in [0.25, 0.3) is 0 Å². The number of nitrogens with zero attached hydrogens (tertiary/aromatic N) is 1. The van der Waals surface area contributed by atoms with Gasteiger partial charge in [-0.1, -0.05) is 36.4 Å². The largest absolute Gasteiger partial charge is 0.212 e. The lowest BCUT2D eigenvalue weighted by atomic mass is 10.2. The number of benzene rings is 3. The molecule has 0 N–H and O–H groups in total. The second kappa shape index (κ2) is 7.14. The molecule has 3 rings (SSSR count). The Bertz CT molecular complexity index is 872. The molecule has 0 aliphatic heterocycles. The monoisotopic (exact) mass is 367 g/mol. The zero-order valence-corrected chi connectivity index (χ0v) is 13.3. The topological polar surface area (TPSA) is 12.4 Å². The maximum atomic E-state index is 14.0. The molecule has 3 aromatic rings. The Kier molecular flexibility index (Phi) is 4.94. The highest BCUT2D eigenvalue weighted by atomic mass is 32.2. The summed E-state index contributed by atoms with van der Waals surface area (Å²) >= 11 is 0. The second-order valence-electron chi connectivity index (χ2n) is 4.92. The van der Waals surface area contributed by atoms with Gasteiger partial charge < -0.3 is 0 Å². The Morgan fingerprint density at radius 3 is 1.28 bits per heavy atom. The fraction of sp³-hybridized carbons (Fsp3) is 0. The summed E-state index contributed by atoms with van der Waals surface area (Å²) in [5.41, 5.74) is -1.17. The van der Waals surface area contributed by atoms with Gasteiger partial charge in [-0.3, -0.25) is 0 Å². The zero-order chi connectivity index (χ0) is 18.0. The summed E-state index contributed by atoms with van der Waals surface area (Å²) in [6, 6.07) is 17.0. The van der Waals surface area contributed by atoms with Gasteiger partial charge in [0.15, 0.2) is 23.3 Å². The van der Waals surface area contributed by atoms with E-state index >= 15 is 0 Å². The quantitative estimate of drug-likeness (QED) is 0.309. The zero-order valence-electron chi connectivity index (χ0n) is 12.5. The first-order valence-corrected chi connectivity index (χ1v) is 8.26. The van der Waals surface area contributed by atoms with Crippen LogP contribution in [0.1, 0.15) is 0 Å². The molecule has 0 fully saturated rings. The Hall–Kier alpha value is -2.54. The van der Waals surface area contributed by atoms with E-state index in [1.165, 1.54) is 0 Å². The van der Waals surface area contributed by atoms with Gasteiger partial charge in [-0.2, -0.15) is 0 Å². The number of rotatable bonds is 3. The maximum absolute atomic E-state index is 14.0. The van der Waals surface area contributed by atoms with Crippen molar-refractivity contribution in [2.24, 2.45) is 4.36 Å². The normalized spacial score (nSPS) is 11.0. The van der Waals surface area contributed by atoms with Gasteiger partial charge in [-0.25, -0.2) is 26.3 Å². The summed E-state index contributed by atoms with van der Waals surface area (Å²) < 4.78 is 72.0. The molecule has 7 heteroatoms. The molecule has 0 unspecified atom stereocenters. The van der Waals surface area contributed by atoms with Crippen molar-refractivity contribution in [3.63, 3.8) is 0 Å². The Morgan fingerprint density at radius 2 is 0.880 bits per heavy atom. The molecule has 0 aliphatic carbocycles. The fourth-order valence-electron chi connectivity index (χ4n) is 2.11. The molecular formula is C18H10F5NS. The highest BCUT2D eigenvalue weighted by Gasteiger charge is 2.26. The minimum absolute atomic E-state index is 0.581. The van der Waals surface area contributed by atoms with Crippen molar-refractivity contribution in [3.8, 4) is 0 Å². The molecule has 0 atom stereocenters. The highest BCUT2D eigenvalue weighted by Crippen LogP contribution is 2.32. The van der Waals surface area contributed by atoms with Crippen LogP contribution in [0.3, 0.4) is 0 Å². The van der Waals surface area contributed by atoms with Crippen molar-refractivity contribution in [1.82, 2.24) is 0 Å². The third-order valence-electron chi connectivity index (χ3n) is 3.30. The molecular weight excluding hydrogens is 357 g/mol. The molecule has 25 heavy (non-hydrogen) atoms. The maximum Gasteiger partial charge on any atom is 0.200 e.